The van der Waals surface area contributed by atoms with Crippen molar-refractivity contribution in [3.63, 3.8) is 0 Å². The van der Waals surface area contributed by atoms with Crippen LogP contribution in [0.25, 0.3) is 11.3 Å². The molecule has 0 atom stereocenters. The van der Waals surface area contributed by atoms with E-state index < -0.39 is 6.16 Å². The largest absolute Gasteiger partial charge is 0.513 e. The first kappa shape index (κ1) is 25.5. The van der Waals surface area contributed by atoms with Gasteiger partial charge in [-0.3, -0.25) is 9.59 Å². The van der Waals surface area contributed by atoms with Gasteiger partial charge < -0.3 is 30.3 Å². The molecule has 0 spiro atoms. The van der Waals surface area contributed by atoms with E-state index in [1.165, 1.54) is 7.11 Å². The first-order chi connectivity index (χ1) is 17.9. The van der Waals surface area contributed by atoms with Crippen molar-refractivity contribution < 1.29 is 23.9 Å². The van der Waals surface area contributed by atoms with Gasteiger partial charge in [-0.05, 0) is 49.0 Å². The zero-order valence-corrected chi connectivity index (χ0v) is 20.8. The Labute approximate surface area is 215 Å². The van der Waals surface area contributed by atoms with E-state index >= 15 is 0 Å². The summed E-state index contributed by atoms with van der Waals surface area (Å²) >= 11 is 0. The highest BCUT2D eigenvalue weighted by Crippen LogP contribution is 2.39. The van der Waals surface area contributed by atoms with E-state index in [1.54, 1.807) is 42.3 Å². The first-order valence-corrected chi connectivity index (χ1v) is 11.7. The maximum absolute atomic E-state index is 13.1. The van der Waals surface area contributed by atoms with Gasteiger partial charge in [-0.2, -0.15) is 0 Å². The molecule has 3 aromatic rings. The van der Waals surface area contributed by atoms with Crippen LogP contribution >= 0.6 is 0 Å². The van der Waals surface area contributed by atoms with Crippen molar-refractivity contribution in [1.82, 2.24) is 10.2 Å². The summed E-state index contributed by atoms with van der Waals surface area (Å²) in [5.74, 6) is -0.117. The van der Waals surface area contributed by atoms with Gasteiger partial charge in [0.2, 0.25) is 0 Å². The van der Waals surface area contributed by atoms with Crippen molar-refractivity contribution in [2.45, 2.75) is 0 Å². The second-order valence-electron chi connectivity index (χ2n) is 8.37. The molecule has 4 rings (SSSR count). The zero-order chi connectivity index (χ0) is 26.4. The summed E-state index contributed by atoms with van der Waals surface area (Å²) in [6.45, 7) is 1.30. The van der Waals surface area contributed by atoms with Crippen molar-refractivity contribution in [3.8, 4) is 5.75 Å². The van der Waals surface area contributed by atoms with Crippen LogP contribution in [0.2, 0.25) is 0 Å². The van der Waals surface area contributed by atoms with Gasteiger partial charge in [0, 0.05) is 43.0 Å². The summed E-state index contributed by atoms with van der Waals surface area (Å²) in [6.07, 6.45) is -0.846. The number of hydrogen-bond acceptors (Lipinski definition) is 7. The Bertz CT molecular complexity index is 1340. The lowest BCUT2D eigenvalue weighted by molar-refractivity contribution is -0.110. The molecule has 0 fully saturated rings. The molecule has 0 unspecified atom stereocenters. The van der Waals surface area contributed by atoms with E-state index in [0.717, 1.165) is 5.56 Å². The van der Waals surface area contributed by atoms with Crippen molar-refractivity contribution in [2.24, 2.45) is 0 Å². The van der Waals surface area contributed by atoms with Crippen LogP contribution in [0.3, 0.4) is 0 Å². The average molecular weight is 501 g/mol. The molecule has 0 bridgehead atoms. The summed E-state index contributed by atoms with van der Waals surface area (Å²) < 4.78 is 9.63. The Morgan fingerprint density at radius 2 is 1.70 bits per heavy atom. The maximum atomic E-state index is 13.1. The molecule has 37 heavy (non-hydrogen) atoms. The molecule has 3 aromatic carbocycles. The standard InChI is InChI=1S/C28H28N4O5/c1-29-15-16-32(2)27(34)19-9-11-20(12-10-19)30-25(18-7-5-4-6-8-18)24-22-14-13-21(37-28(35)36-3)17-23(22)31-26(24)33/h4-14,17,29-30H,15-16H2,1-3H3,(H,31,33)/b25-24-. The number of methoxy groups -OCH3 is 1. The molecule has 3 N–H and O–H groups in total. The number of ether oxygens (including phenoxy) is 2. The molecule has 9 nitrogen and oxygen atoms in total. The van der Waals surface area contributed by atoms with Crippen LogP contribution in [0.15, 0.2) is 72.8 Å². The number of fused-ring (bicyclic) bond motifs is 1. The normalized spacial score (nSPS) is 13.3. The molecule has 0 saturated carbocycles. The van der Waals surface area contributed by atoms with Crippen LogP contribution in [0.5, 0.6) is 5.75 Å². The third-order valence-electron chi connectivity index (χ3n) is 5.86. The highest BCUT2D eigenvalue weighted by atomic mass is 16.7. The number of anilines is 2. The van der Waals surface area contributed by atoms with Crippen molar-refractivity contribution >= 4 is 40.6 Å². The minimum absolute atomic E-state index is 0.0717. The van der Waals surface area contributed by atoms with Crippen molar-refractivity contribution in [1.29, 1.82) is 0 Å². The van der Waals surface area contributed by atoms with Crippen LogP contribution in [0, 0.1) is 0 Å². The lowest BCUT2D eigenvalue weighted by Crippen LogP contribution is -2.32. The SMILES string of the molecule is CNCCN(C)C(=O)c1ccc(N/C(=C2\C(=O)Nc3cc(OC(=O)OC)ccc32)c2ccccc2)cc1. The predicted molar refractivity (Wildman–Crippen MR) is 142 cm³/mol. The third kappa shape index (κ3) is 5.79. The van der Waals surface area contributed by atoms with Crippen LogP contribution in [0.4, 0.5) is 16.2 Å². The first-order valence-electron chi connectivity index (χ1n) is 11.7. The molecule has 0 radical (unpaired) electrons. The number of amides is 2. The number of hydrogen-bond donors (Lipinski definition) is 3. The second kappa shape index (κ2) is 11.4. The van der Waals surface area contributed by atoms with Crippen molar-refractivity contribution in [3.05, 3.63) is 89.5 Å². The fraction of sp³-hybridized carbons (Fsp3) is 0.179. The van der Waals surface area contributed by atoms with Gasteiger partial charge in [0.15, 0.2) is 0 Å². The fourth-order valence-corrected chi connectivity index (χ4v) is 3.93. The molecule has 1 heterocycles. The molecule has 190 valence electrons. The van der Waals surface area contributed by atoms with Crippen LogP contribution in [-0.4, -0.2) is 57.2 Å². The molecule has 1 aliphatic rings. The number of nitrogens with one attached hydrogen (secondary N) is 3. The van der Waals surface area contributed by atoms with E-state index in [4.69, 9.17) is 4.74 Å². The molecule has 0 saturated heterocycles. The van der Waals surface area contributed by atoms with E-state index in [1.807, 2.05) is 49.5 Å². The lowest BCUT2D eigenvalue weighted by atomic mass is 10.00. The highest BCUT2D eigenvalue weighted by molar-refractivity contribution is 6.37. The molecular weight excluding hydrogens is 472 g/mol. The Morgan fingerprint density at radius 1 is 0.973 bits per heavy atom. The summed E-state index contributed by atoms with van der Waals surface area (Å²) in [5, 5.41) is 9.25. The van der Waals surface area contributed by atoms with Crippen molar-refractivity contribution in [2.75, 3.05) is 44.9 Å². The Kier molecular flexibility index (Phi) is 7.85. The van der Waals surface area contributed by atoms with Gasteiger partial charge in [0.25, 0.3) is 11.8 Å². The van der Waals surface area contributed by atoms with E-state index in [2.05, 4.69) is 20.7 Å². The summed E-state index contributed by atoms with van der Waals surface area (Å²) in [7, 11) is 4.83. The quantitative estimate of drug-likeness (QED) is 0.243. The number of rotatable bonds is 8. The summed E-state index contributed by atoms with van der Waals surface area (Å²) in [6, 6.07) is 21.5. The monoisotopic (exact) mass is 500 g/mol. The lowest BCUT2D eigenvalue weighted by Gasteiger charge is -2.18. The molecule has 9 heteroatoms. The third-order valence-corrected chi connectivity index (χ3v) is 5.86. The van der Waals surface area contributed by atoms with Crippen LogP contribution in [0.1, 0.15) is 21.5 Å². The van der Waals surface area contributed by atoms with Gasteiger partial charge in [-0.25, -0.2) is 4.79 Å². The number of carbonyl (C=O) groups is 3. The topological polar surface area (TPSA) is 109 Å². The Hall–Kier alpha value is -4.63. The van der Waals surface area contributed by atoms with E-state index in [9.17, 15) is 14.4 Å². The highest BCUT2D eigenvalue weighted by Gasteiger charge is 2.29. The molecule has 0 aromatic heterocycles. The minimum atomic E-state index is -0.846. The average Bonchev–Trinajstić information content (AvgIpc) is 3.25. The molecule has 1 aliphatic heterocycles. The number of nitrogens with zero attached hydrogens (tertiary/aromatic N) is 1. The number of likely N-dealkylation sites (N-methyl/N-ethyl adjacent to an activating group) is 2. The molecule has 2 amide bonds. The smallest absolute Gasteiger partial charge is 0.437 e. The van der Waals surface area contributed by atoms with Crippen LogP contribution < -0.4 is 20.7 Å². The maximum Gasteiger partial charge on any atom is 0.513 e. The summed E-state index contributed by atoms with van der Waals surface area (Å²) in [5.41, 5.74) is 4.31. The van der Waals surface area contributed by atoms with Gasteiger partial charge in [-0.1, -0.05) is 30.3 Å². The van der Waals surface area contributed by atoms with Crippen LogP contribution in [-0.2, 0) is 9.53 Å². The number of benzene rings is 3. The molecule has 0 aliphatic carbocycles. The molecular formula is C28H28N4O5. The van der Waals surface area contributed by atoms with Gasteiger partial charge >= 0.3 is 6.16 Å². The Morgan fingerprint density at radius 3 is 2.38 bits per heavy atom. The predicted octanol–water partition coefficient (Wildman–Crippen LogP) is 4.06. The minimum Gasteiger partial charge on any atom is -0.437 e. The van der Waals surface area contributed by atoms with Gasteiger partial charge in [0.05, 0.1) is 24.1 Å². The van der Waals surface area contributed by atoms with Gasteiger partial charge in [0.1, 0.15) is 5.75 Å². The second-order valence-corrected chi connectivity index (χ2v) is 8.37. The van der Waals surface area contributed by atoms with E-state index in [-0.39, 0.29) is 17.6 Å². The number of carbonyl (C=O) groups excluding carboxylic acids is 3. The van der Waals surface area contributed by atoms with Gasteiger partial charge in [-0.15, -0.1) is 0 Å². The van der Waals surface area contributed by atoms with E-state index in [0.29, 0.717) is 46.9 Å². The zero-order valence-electron chi connectivity index (χ0n) is 20.8. The fourth-order valence-electron chi connectivity index (χ4n) is 3.93. The Balaban J connectivity index is 1.68. The summed E-state index contributed by atoms with van der Waals surface area (Å²) in [4.78, 5) is 39.0.